The minimum absolute atomic E-state index is 0. The van der Waals surface area contributed by atoms with Gasteiger partial charge in [0.2, 0.25) is 0 Å². The van der Waals surface area contributed by atoms with Crippen LogP contribution in [0.4, 0.5) is 0 Å². The Morgan fingerprint density at radius 2 is 1.26 bits per heavy atom. The van der Waals surface area contributed by atoms with E-state index < -0.39 is 0 Å². The predicted octanol–water partition coefficient (Wildman–Crippen LogP) is 3.25. The quantitative estimate of drug-likeness (QED) is 0.455. The molecule has 2 N–H and O–H groups in total. The second-order valence-electron chi connectivity index (χ2n) is 3.45. The first kappa shape index (κ1) is 25.9. The van der Waals surface area contributed by atoms with Crippen molar-refractivity contribution in [2.75, 3.05) is 0 Å². The van der Waals surface area contributed by atoms with Crippen LogP contribution in [-0.4, -0.2) is 4.99 Å². The Labute approximate surface area is 128 Å². The van der Waals surface area contributed by atoms with Crippen LogP contribution >= 0.6 is 25.7 Å². The van der Waals surface area contributed by atoms with E-state index in [4.69, 9.17) is 21.5 Å². The van der Waals surface area contributed by atoms with Crippen LogP contribution in [0.5, 0.6) is 0 Å². The summed E-state index contributed by atoms with van der Waals surface area (Å²) in [5.74, 6) is 0. The van der Waals surface area contributed by atoms with Crippen LogP contribution in [0.25, 0.3) is 0 Å². The highest BCUT2D eigenvalue weighted by molar-refractivity contribution is 7.80. The summed E-state index contributed by atoms with van der Waals surface area (Å²) in [5.41, 5.74) is 7.47. The normalized spacial score (nSPS) is 6.37. The van der Waals surface area contributed by atoms with E-state index >= 15 is 0 Å². The van der Waals surface area contributed by atoms with Crippen LogP contribution in [0.2, 0.25) is 0 Å². The summed E-state index contributed by atoms with van der Waals surface area (Å²) in [5, 5.41) is 24.7. The van der Waals surface area contributed by atoms with Crippen molar-refractivity contribution in [1.82, 2.24) is 0 Å². The number of allylic oxidation sites excluding steroid dienone is 3. The average molecular weight is 296 g/mol. The minimum atomic E-state index is 0. The number of hydrogen-bond acceptors (Lipinski definition) is 4. The van der Waals surface area contributed by atoms with Crippen LogP contribution in [0, 0.1) is 34.0 Å². The molecule has 0 fully saturated rings. The average Bonchev–Trinajstić information content (AvgIpc) is 2.19. The Balaban J connectivity index is -0.000000108. The fraction of sp³-hybridized carbons (Fsp3) is 0.385. The minimum Gasteiger partial charge on any atom is -0.389 e. The molecule has 19 heavy (non-hydrogen) atoms. The second kappa shape index (κ2) is 14.3. The third kappa shape index (κ3) is 12.4. The molecular weight excluding hydrogens is 276 g/mol. The number of nitrogens with zero attached hydrogens (tertiary/aromatic N) is 3. The van der Waals surface area contributed by atoms with Gasteiger partial charge in [-0.3, -0.25) is 0 Å². The lowest BCUT2D eigenvalue weighted by molar-refractivity contribution is 1.33. The van der Waals surface area contributed by atoms with Gasteiger partial charge >= 0.3 is 0 Å². The third-order valence-electron chi connectivity index (χ3n) is 1.58. The number of nitriles is 3. The Morgan fingerprint density at radius 1 is 0.895 bits per heavy atom. The topological polar surface area (TPSA) is 97.4 Å². The highest BCUT2D eigenvalue weighted by atomic mass is 32.1. The summed E-state index contributed by atoms with van der Waals surface area (Å²) in [6.07, 6.45) is 0. The van der Waals surface area contributed by atoms with Gasteiger partial charge in [0.1, 0.15) is 28.8 Å². The van der Waals surface area contributed by atoms with E-state index in [0.717, 1.165) is 11.1 Å². The van der Waals surface area contributed by atoms with Gasteiger partial charge in [0.25, 0.3) is 0 Å². The molecule has 0 amide bonds. The molecule has 0 aliphatic heterocycles. The van der Waals surface area contributed by atoms with Crippen molar-refractivity contribution in [3.05, 3.63) is 22.3 Å². The molecule has 0 aromatic heterocycles. The fourth-order valence-electron chi connectivity index (χ4n) is 0.662. The monoisotopic (exact) mass is 296 g/mol. The maximum absolute atomic E-state index is 8.39. The van der Waals surface area contributed by atoms with Gasteiger partial charge in [-0.05, 0) is 33.3 Å². The zero-order valence-electron chi connectivity index (χ0n) is 10.8. The maximum Gasteiger partial charge on any atom is 0.128 e. The van der Waals surface area contributed by atoms with E-state index in [1.165, 1.54) is 0 Å². The van der Waals surface area contributed by atoms with Crippen LogP contribution < -0.4 is 5.73 Å². The van der Waals surface area contributed by atoms with Gasteiger partial charge < -0.3 is 5.73 Å². The maximum atomic E-state index is 8.39. The molecule has 0 bridgehead atoms. The molecule has 0 spiro atoms. The number of hydrogen-bond donors (Lipinski definition) is 1. The zero-order chi connectivity index (χ0) is 14.0. The number of thiocarbonyl (C=S) groups is 1. The van der Waals surface area contributed by atoms with E-state index in [9.17, 15) is 0 Å². The smallest absolute Gasteiger partial charge is 0.128 e. The molecule has 0 aromatic carbocycles. The second-order valence-corrected chi connectivity index (χ2v) is 3.89. The molecule has 0 heterocycles. The van der Waals surface area contributed by atoms with Crippen LogP contribution in [0.3, 0.4) is 0 Å². The number of rotatable bonds is 1. The number of nitrogens with two attached hydrogens (primary N) is 1. The molecule has 0 atom stereocenters. The predicted molar refractivity (Wildman–Crippen MR) is 87.5 cm³/mol. The lowest BCUT2D eigenvalue weighted by Crippen LogP contribution is -2.10. The first-order chi connectivity index (χ1) is 7.81. The van der Waals surface area contributed by atoms with Gasteiger partial charge in [-0.15, -0.1) is 0 Å². The van der Waals surface area contributed by atoms with Crippen LogP contribution in [0.1, 0.15) is 35.1 Å². The van der Waals surface area contributed by atoms with Crippen LogP contribution in [0.15, 0.2) is 22.3 Å². The highest BCUT2D eigenvalue weighted by Gasteiger charge is 1.98. The van der Waals surface area contributed by atoms with Crippen molar-refractivity contribution in [1.29, 1.82) is 15.8 Å². The van der Waals surface area contributed by atoms with E-state index in [-0.39, 0.29) is 31.5 Å². The van der Waals surface area contributed by atoms with E-state index in [1.54, 1.807) is 39.8 Å². The first-order valence-electron chi connectivity index (χ1n) is 4.66. The summed E-state index contributed by atoms with van der Waals surface area (Å²) in [4.78, 5) is 0.178. The summed E-state index contributed by atoms with van der Waals surface area (Å²) in [7, 11) is 0. The fourth-order valence-corrected chi connectivity index (χ4v) is 0.912. The molecule has 4 nitrogen and oxygen atoms in total. The van der Waals surface area contributed by atoms with Gasteiger partial charge in [0.15, 0.2) is 0 Å². The molecule has 0 rings (SSSR count). The van der Waals surface area contributed by atoms with Gasteiger partial charge in [0, 0.05) is 0 Å². The van der Waals surface area contributed by atoms with E-state index in [2.05, 4.69) is 12.2 Å². The van der Waals surface area contributed by atoms with Crippen molar-refractivity contribution in [2.45, 2.75) is 35.1 Å². The van der Waals surface area contributed by atoms with Gasteiger partial charge in [0.05, 0.1) is 5.57 Å². The molecule has 0 saturated carbocycles. The van der Waals surface area contributed by atoms with Gasteiger partial charge in [-0.25, -0.2) is 0 Å². The largest absolute Gasteiger partial charge is 0.389 e. The molecule has 0 radical (unpaired) electrons. The molecule has 0 aliphatic rings. The van der Waals surface area contributed by atoms with Crippen LogP contribution in [-0.2, 0) is 0 Å². The lowest BCUT2D eigenvalue weighted by Gasteiger charge is -1.94. The Kier molecular flexibility index (Phi) is 19.4. The SMILES string of the molecule is C.CC(C)=C(C#N)C#N.CC(C)=C(C#N)C(N)=S.S. The van der Waals surface area contributed by atoms with Crippen molar-refractivity contribution >= 4 is 30.7 Å². The van der Waals surface area contributed by atoms with Crippen molar-refractivity contribution in [2.24, 2.45) is 5.73 Å². The molecule has 6 heteroatoms. The summed E-state index contributed by atoms with van der Waals surface area (Å²) in [6.45, 7) is 7.08. The van der Waals surface area contributed by atoms with Gasteiger partial charge in [-0.1, -0.05) is 25.2 Å². The molecule has 0 saturated heterocycles. The first-order valence-corrected chi connectivity index (χ1v) is 5.07. The van der Waals surface area contributed by atoms with E-state index in [0.29, 0.717) is 5.57 Å². The molecule has 104 valence electrons. The zero-order valence-corrected chi connectivity index (χ0v) is 12.6. The third-order valence-corrected chi connectivity index (χ3v) is 1.79. The molecule has 0 aliphatic carbocycles. The summed E-state index contributed by atoms with van der Waals surface area (Å²) >= 11 is 4.59. The van der Waals surface area contributed by atoms with Gasteiger partial charge in [-0.2, -0.15) is 29.3 Å². The lowest BCUT2D eigenvalue weighted by atomic mass is 10.2. The molecular formula is C13H20N4S2. The highest BCUT2D eigenvalue weighted by Crippen LogP contribution is 2.00. The summed E-state index contributed by atoms with van der Waals surface area (Å²) in [6, 6.07) is 5.45. The molecule has 0 unspecified atom stereocenters. The van der Waals surface area contributed by atoms with E-state index in [1.807, 2.05) is 6.07 Å². The van der Waals surface area contributed by atoms with Crippen molar-refractivity contribution < 1.29 is 0 Å². The summed E-state index contributed by atoms with van der Waals surface area (Å²) < 4.78 is 0. The van der Waals surface area contributed by atoms with Crippen molar-refractivity contribution in [3.63, 3.8) is 0 Å². The van der Waals surface area contributed by atoms with Crippen molar-refractivity contribution in [3.8, 4) is 18.2 Å². The Hall–Kier alpha value is -1.81. The molecule has 0 aromatic rings. The standard InChI is InChI=1S/C6H8N2S.C6H6N2.CH4.H2S/c1-4(2)5(3-7)6(8)9;1-5(2)6(3-7)4-8;;/h1-2H3,(H2,8,9);1-2H3;1H4;1H2. The Bertz CT molecular complexity index is 458. The Morgan fingerprint density at radius 3 is 1.26 bits per heavy atom.